The van der Waals surface area contributed by atoms with Gasteiger partial charge in [-0.1, -0.05) is 108 Å². The Kier molecular flexibility index (Phi) is 18.6. The van der Waals surface area contributed by atoms with E-state index < -0.39 is 0 Å². The number of anilines is 2. The first-order valence-corrected chi connectivity index (χ1v) is 16.6. The highest BCUT2D eigenvalue weighted by Crippen LogP contribution is 2.20. The minimum atomic E-state index is 0. The molecular weight excluding hydrogens is 702 g/mol. The normalized spacial score (nSPS) is 18.2. The van der Waals surface area contributed by atoms with E-state index in [1.54, 1.807) is 12.1 Å². The van der Waals surface area contributed by atoms with E-state index in [0.717, 1.165) is 64.0 Å². The van der Waals surface area contributed by atoms with Crippen molar-refractivity contribution in [3.63, 3.8) is 0 Å². The van der Waals surface area contributed by atoms with Crippen LogP contribution in [0.5, 0.6) is 0 Å². The van der Waals surface area contributed by atoms with Gasteiger partial charge in [0.05, 0.1) is 0 Å². The molecule has 2 fully saturated rings. The minimum Gasteiger partial charge on any atom is -0.412 e. The van der Waals surface area contributed by atoms with Gasteiger partial charge in [0, 0.05) is 64.4 Å². The van der Waals surface area contributed by atoms with E-state index in [1.165, 1.54) is 11.1 Å². The first-order valence-electron chi connectivity index (χ1n) is 15.8. The summed E-state index contributed by atoms with van der Waals surface area (Å²) in [6.07, 6.45) is 8.84. The summed E-state index contributed by atoms with van der Waals surface area (Å²) in [7, 11) is 0. The second-order valence-electron chi connectivity index (χ2n) is 11.7. The van der Waals surface area contributed by atoms with Crippen molar-refractivity contribution in [2.45, 2.75) is 25.9 Å². The number of hydrogen-bond acceptors (Lipinski definition) is 8. The summed E-state index contributed by atoms with van der Waals surface area (Å²) in [5.41, 5.74) is 2.49. The molecule has 0 radical (unpaired) electrons. The van der Waals surface area contributed by atoms with Gasteiger partial charge in [0.25, 0.3) is 0 Å². The van der Waals surface area contributed by atoms with Crippen LogP contribution in [0.25, 0.3) is 12.2 Å². The second-order valence-corrected chi connectivity index (χ2v) is 12.4. The zero-order valence-corrected chi connectivity index (χ0v) is 31.0. The lowest BCUT2D eigenvalue weighted by Gasteiger charge is -2.40. The Balaban J connectivity index is 0.000000321. The highest BCUT2D eigenvalue weighted by atomic mass is 35.5. The van der Waals surface area contributed by atoms with E-state index in [0.29, 0.717) is 22.4 Å². The zero-order chi connectivity index (χ0) is 32.1. The van der Waals surface area contributed by atoms with Crippen molar-refractivity contribution < 1.29 is 5.48 Å². The van der Waals surface area contributed by atoms with Gasteiger partial charge in [-0.15, -0.1) is 45.2 Å². The summed E-state index contributed by atoms with van der Waals surface area (Å²) in [5.74, 6) is 1.81. The van der Waals surface area contributed by atoms with E-state index in [4.69, 9.17) is 23.2 Å². The van der Waals surface area contributed by atoms with E-state index in [1.807, 2.05) is 24.3 Å². The van der Waals surface area contributed by atoms with Crippen molar-refractivity contribution in [3.05, 3.63) is 119 Å². The Morgan fingerprint density at radius 1 is 0.571 bits per heavy atom. The summed E-state index contributed by atoms with van der Waals surface area (Å²) in [5, 5.41) is 17.1. The number of piperazine rings is 2. The van der Waals surface area contributed by atoms with Crippen LogP contribution in [0.2, 0.25) is 10.3 Å². The van der Waals surface area contributed by atoms with Crippen LogP contribution in [0.1, 0.15) is 25.0 Å². The fraction of sp³-hybridized carbons (Fsp3) is 0.333. The molecule has 2 saturated heterocycles. The SMILES string of the molecule is CC1CN(CC=Cc2ccccc2)CCN1c1ccc(Cl)nn1.CC1CN(CC=Cc2ccccc2)CCN1c1ccc(Cl)nn1.Cl.Cl.O. The molecule has 6 rings (SSSR count). The Bertz CT molecular complexity index is 1420. The van der Waals surface area contributed by atoms with E-state index in [9.17, 15) is 0 Å². The molecule has 49 heavy (non-hydrogen) atoms. The third kappa shape index (κ3) is 13.2. The molecule has 2 aromatic heterocycles. The van der Waals surface area contributed by atoms with Gasteiger partial charge < -0.3 is 15.3 Å². The molecule has 9 nitrogen and oxygen atoms in total. The smallest absolute Gasteiger partial charge is 0.151 e. The average molecular weight is 749 g/mol. The van der Waals surface area contributed by atoms with Crippen molar-refractivity contribution in [2.75, 3.05) is 62.2 Å². The predicted molar refractivity (Wildman–Crippen MR) is 210 cm³/mol. The van der Waals surface area contributed by atoms with Crippen molar-refractivity contribution in [2.24, 2.45) is 0 Å². The minimum absolute atomic E-state index is 0. The largest absolute Gasteiger partial charge is 0.412 e. The lowest BCUT2D eigenvalue weighted by molar-refractivity contribution is 0.250. The summed E-state index contributed by atoms with van der Waals surface area (Å²) in [6.45, 7) is 12.4. The lowest BCUT2D eigenvalue weighted by Crippen LogP contribution is -2.52. The van der Waals surface area contributed by atoms with E-state index >= 15 is 0 Å². The van der Waals surface area contributed by atoms with Crippen LogP contribution in [0.3, 0.4) is 0 Å². The third-order valence-corrected chi connectivity index (χ3v) is 8.60. The van der Waals surface area contributed by atoms with Crippen LogP contribution >= 0.6 is 48.0 Å². The topological polar surface area (TPSA) is 96.0 Å². The predicted octanol–water partition coefficient (Wildman–Crippen LogP) is 6.73. The second kappa shape index (κ2) is 21.7. The monoisotopic (exact) mass is 746 g/mol. The first-order chi connectivity index (χ1) is 22.4. The molecule has 2 aliphatic heterocycles. The van der Waals surface area contributed by atoms with Crippen LogP contribution < -0.4 is 9.80 Å². The summed E-state index contributed by atoms with van der Waals surface area (Å²) >= 11 is 11.6. The molecule has 2 atom stereocenters. The Labute approximate surface area is 312 Å². The summed E-state index contributed by atoms with van der Waals surface area (Å²) in [4.78, 5) is 9.51. The number of aromatic nitrogens is 4. The van der Waals surface area contributed by atoms with Crippen LogP contribution in [0.4, 0.5) is 11.6 Å². The molecule has 0 aliphatic carbocycles. The van der Waals surface area contributed by atoms with Gasteiger partial charge in [0.15, 0.2) is 21.9 Å². The van der Waals surface area contributed by atoms with Gasteiger partial charge in [-0.05, 0) is 49.2 Å². The van der Waals surface area contributed by atoms with Crippen LogP contribution in [0, 0.1) is 0 Å². The first kappa shape index (κ1) is 41.9. The molecule has 2 N–H and O–H groups in total. The Morgan fingerprint density at radius 2 is 0.959 bits per heavy atom. The van der Waals surface area contributed by atoms with Crippen LogP contribution in [-0.4, -0.2) is 100 Å². The third-order valence-electron chi connectivity index (χ3n) is 8.19. The molecular formula is C36H46Cl4N8O. The van der Waals surface area contributed by atoms with Crippen molar-refractivity contribution >= 4 is 71.8 Å². The number of benzene rings is 2. The van der Waals surface area contributed by atoms with Gasteiger partial charge in [-0.3, -0.25) is 9.80 Å². The Hall–Kier alpha value is -3.28. The molecule has 4 aromatic rings. The maximum Gasteiger partial charge on any atom is 0.151 e. The molecule has 13 heteroatoms. The summed E-state index contributed by atoms with van der Waals surface area (Å²) < 4.78 is 0. The quantitative estimate of drug-likeness (QED) is 0.196. The molecule has 2 aromatic carbocycles. The number of halogens is 4. The number of nitrogens with zero attached hydrogens (tertiary/aromatic N) is 8. The fourth-order valence-corrected chi connectivity index (χ4v) is 6.01. The molecule has 2 unspecified atom stereocenters. The van der Waals surface area contributed by atoms with Crippen molar-refractivity contribution in [3.8, 4) is 0 Å². The lowest BCUT2D eigenvalue weighted by atomic mass is 10.1. The Morgan fingerprint density at radius 3 is 1.29 bits per heavy atom. The van der Waals surface area contributed by atoms with E-state index in [-0.39, 0.29) is 30.3 Å². The molecule has 0 bridgehead atoms. The van der Waals surface area contributed by atoms with Gasteiger partial charge in [-0.25, -0.2) is 0 Å². The fourth-order valence-electron chi connectivity index (χ4n) is 5.81. The standard InChI is InChI=1S/2C18H21ClN4.2ClH.H2O/c2*1-15-14-22(11-5-8-16-6-3-2-4-7-16)12-13-23(15)18-10-9-17(19)20-21-18;;;/h2*2-10,15H,11-14H2,1H3;2*1H;1H2. The number of rotatable bonds is 8. The molecule has 264 valence electrons. The van der Waals surface area contributed by atoms with Gasteiger partial charge in [0.1, 0.15) is 0 Å². The summed E-state index contributed by atoms with van der Waals surface area (Å²) in [6, 6.07) is 29.1. The molecule has 0 saturated carbocycles. The van der Waals surface area contributed by atoms with Gasteiger partial charge >= 0.3 is 0 Å². The maximum atomic E-state index is 5.81. The van der Waals surface area contributed by atoms with Crippen LogP contribution in [0.15, 0.2) is 97.1 Å². The maximum absolute atomic E-state index is 5.81. The van der Waals surface area contributed by atoms with E-state index in [2.05, 4.69) is 127 Å². The van der Waals surface area contributed by atoms with Gasteiger partial charge in [-0.2, -0.15) is 0 Å². The zero-order valence-electron chi connectivity index (χ0n) is 27.9. The van der Waals surface area contributed by atoms with Gasteiger partial charge in [0.2, 0.25) is 0 Å². The molecule has 0 amide bonds. The van der Waals surface area contributed by atoms with Crippen molar-refractivity contribution in [1.82, 2.24) is 30.2 Å². The highest BCUT2D eigenvalue weighted by Gasteiger charge is 2.25. The highest BCUT2D eigenvalue weighted by molar-refractivity contribution is 6.29. The number of hydrogen-bond donors (Lipinski definition) is 0. The van der Waals surface area contributed by atoms with Crippen molar-refractivity contribution in [1.29, 1.82) is 0 Å². The molecule has 0 spiro atoms. The molecule has 2 aliphatic rings. The van der Waals surface area contributed by atoms with Crippen LogP contribution in [-0.2, 0) is 0 Å². The average Bonchev–Trinajstić information content (AvgIpc) is 3.07. The molecule has 4 heterocycles.